The predicted octanol–water partition coefficient (Wildman–Crippen LogP) is 3.01. The Bertz CT molecular complexity index is 328. The molecular weight excluding hydrogens is 266 g/mol. The van der Waals surface area contributed by atoms with Crippen LogP contribution in [0.25, 0.3) is 0 Å². The molecule has 0 saturated heterocycles. The van der Waals surface area contributed by atoms with E-state index in [2.05, 4.69) is 53.3 Å². The molecule has 90 valence electrons. The molecule has 0 aliphatic heterocycles. The molecule has 16 heavy (non-hydrogen) atoms. The number of rotatable bonds is 6. The Morgan fingerprint density at radius 2 is 2.19 bits per heavy atom. The molecule has 0 aliphatic carbocycles. The summed E-state index contributed by atoms with van der Waals surface area (Å²) in [5.74, 6) is 0. The Morgan fingerprint density at radius 1 is 1.44 bits per heavy atom. The molecule has 0 heterocycles. The van der Waals surface area contributed by atoms with Gasteiger partial charge >= 0.3 is 0 Å². The van der Waals surface area contributed by atoms with Crippen LogP contribution in [0.2, 0.25) is 0 Å². The molecule has 0 fully saturated rings. The van der Waals surface area contributed by atoms with E-state index in [1.165, 1.54) is 11.1 Å². The van der Waals surface area contributed by atoms with Crippen molar-refractivity contribution in [1.82, 2.24) is 5.32 Å². The van der Waals surface area contributed by atoms with Crippen molar-refractivity contribution < 1.29 is 5.11 Å². The molecule has 1 unspecified atom stereocenters. The first-order chi connectivity index (χ1) is 7.63. The third-order valence-electron chi connectivity index (χ3n) is 2.69. The summed E-state index contributed by atoms with van der Waals surface area (Å²) in [5, 5.41) is 12.2. The first-order valence-corrected chi connectivity index (χ1v) is 6.52. The maximum absolute atomic E-state index is 8.73. The number of hydrogen-bond acceptors (Lipinski definition) is 2. The quantitative estimate of drug-likeness (QED) is 0.842. The fourth-order valence-corrected chi connectivity index (χ4v) is 1.96. The summed E-state index contributed by atoms with van der Waals surface area (Å²) in [6.07, 6.45) is 1.88. The molecule has 2 N–H and O–H groups in total. The van der Waals surface area contributed by atoms with E-state index in [1.807, 2.05) is 0 Å². The summed E-state index contributed by atoms with van der Waals surface area (Å²) in [6.45, 7) is 5.40. The van der Waals surface area contributed by atoms with Crippen molar-refractivity contribution in [2.75, 3.05) is 6.61 Å². The lowest BCUT2D eigenvalue weighted by atomic mass is 10.1. The number of aliphatic hydroxyl groups excluding tert-OH is 1. The standard InChI is InChI=1S/C13H20BrNO/c1-10-5-6-12(8-13(10)14)9-15-11(2)4-3-7-16/h5-6,8,11,15-16H,3-4,7,9H2,1-2H3. The van der Waals surface area contributed by atoms with Crippen LogP contribution in [0, 0.1) is 6.92 Å². The van der Waals surface area contributed by atoms with Gasteiger partial charge in [0, 0.05) is 23.7 Å². The van der Waals surface area contributed by atoms with E-state index in [9.17, 15) is 0 Å². The SMILES string of the molecule is Cc1ccc(CNC(C)CCCO)cc1Br. The van der Waals surface area contributed by atoms with Gasteiger partial charge in [-0.2, -0.15) is 0 Å². The Morgan fingerprint density at radius 3 is 2.81 bits per heavy atom. The first kappa shape index (κ1) is 13.7. The van der Waals surface area contributed by atoms with Gasteiger partial charge < -0.3 is 10.4 Å². The van der Waals surface area contributed by atoms with Crippen LogP contribution >= 0.6 is 15.9 Å². The van der Waals surface area contributed by atoms with Gasteiger partial charge in [-0.25, -0.2) is 0 Å². The van der Waals surface area contributed by atoms with Crippen molar-refractivity contribution in [2.45, 2.75) is 39.3 Å². The van der Waals surface area contributed by atoms with E-state index >= 15 is 0 Å². The van der Waals surface area contributed by atoms with Crippen LogP contribution in [-0.2, 0) is 6.54 Å². The van der Waals surface area contributed by atoms with E-state index in [1.54, 1.807) is 0 Å². The van der Waals surface area contributed by atoms with Crippen LogP contribution in [0.15, 0.2) is 22.7 Å². The van der Waals surface area contributed by atoms with Crippen LogP contribution in [0.5, 0.6) is 0 Å². The van der Waals surface area contributed by atoms with Crippen molar-refractivity contribution in [2.24, 2.45) is 0 Å². The van der Waals surface area contributed by atoms with Gasteiger partial charge in [0.15, 0.2) is 0 Å². The molecule has 0 radical (unpaired) electrons. The Hall–Kier alpha value is -0.380. The van der Waals surface area contributed by atoms with Crippen molar-refractivity contribution in [3.8, 4) is 0 Å². The molecule has 0 spiro atoms. The molecule has 1 rings (SSSR count). The predicted molar refractivity (Wildman–Crippen MR) is 71.5 cm³/mol. The summed E-state index contributed by atoms with van der Waals surface area (Å²) < 4.78 is 1.16. The fourth-order valence-electron chi connectivity index (χ4n) is 1.54. The van der Waals surface area contributed by atoms with Gasteiger partial charge in [0.1, 0.15) is 0 Å². The summed E-state index contributed by atoms with van der Waals surface area (Å²) >= 11 is 3.53. The Balaban J connectivity index is 2.39. The second kappa shape index (κ2) is 7.05. The van der Waals surface area contributed by atoms with Crippen LogP contribution in [0.1, 0.15) is 30.9 Å². The highest BCUT2D eigenvalue weighted by molar-refractivity contribution is 9.10. The Kier molecular flexibility index (Phi) is 6.03. The van der Waals surface area contributed by atoms with E-state index in [-0.39, 0.29) is 6.61 Å². The van der Waals surface area contributed by atoms with Crippen molar-refractivity contribution in [3.05, 3.63) is 33.8 Å². The zero-order chi connectivity index (χ0) is 12.0. The minimum Gasteiger partial charge on any atom is -0.396 e. The highest BCUT2D eigenvalue weighted by Crippen LogP contribution is 2.17. The lowest BCUT2D eigenvalue weighted by Crippen LogP contribution is -2.25. The lowest BCUT2D eigenvalue weighted by Gasteiger charge is -2.13. The largest absolute Gasteiger partial charge is 0.396 e. The van der Waals surface area contributed by atoms with Gasteiger partial charge in [0.25, 0.3) is 0 Å². The zero-order valence-electron chi connectivity index (χ0n) is 9.96. The highest BCUT2D eigenvalue weighted by atomic mass is 79.9. The number of aryl methyl sites for hydroxylation is 1. The molecule has 0 amide bonds. The summed E-state index contributed by atoms with van der Waals surface area (Å²) in [4.78, 5) is 0. The molecule has 1 aromatic rings. The summed E-state index contributed by atoms with van der Waals surface area (Å²) in [7, 11) is 0. The van der Waals surface area contributed by atoms with Gasteiger partial charge in [-0.1, -0.05) is 28.1 Å². The van der Waals surface area contributed by atoms with Gasteiger partial charge in [-0.05, 0) is 43.9 Å². The van der Waals surface area contributed by atoms with E-state index in [4.69, 9.17) is 5.11 Å². The first-order valence-electron chi connectivity index (χ1n) is 5.72. The Labute approximate surface area is 106 Å². The maximum Gasteiger partial charge on any atom is 0.0431 e. The molecule has 0 aliphatic rings. The van der Waals surface area contributed by atoms with Gasteiger partial charge in [0.05, 0.1) is 0 Å². The maximum atomic E-state index is 8.73. The van der Waals surface area contributed by atoms with Crippen molar-refractivity contribution >= 4 is 15.9 Å². The molecule has 2 nitrogen and oxygen atoms in total. The van der Waals surface area contributed by atoms with E-state index < -0.39 is 0 Å². The normalized spacial score (nSPS) is 12.8. The fraction of sp³-hybridized carbons (Fsp3) is 0.538. The van der Waals surface area contributed by atoms with E-state index in [0.717, 1.165) is 23.9 Å². The molecule has 0 aromatic heterocycles. The zero-order valence-corrected chi connectivity index (χ0v) is 11.5. The van der Waals surface area contributed by atoms with Crippen LogP contribution in [-0.4, -0.2) is 17.8 Å². The van der Waals surface area contributed by atoms with Crippen LogP contribution in [0.4, 0.5) is 0 Å². The second-order valence-electron chi connectivity index (χ2n) is 4.23. The number of hydrogen-bond donors (Lipinski definition) is 2. The average molecular weight is 286 g/mol. The summed E-state index contributed by atoms with van der Waals surface area (Å²) in [6, 6.07) is 6.87. The smallest absolute Gasteiger partial charge is 0.0431 e. The van der Waals surface area contributed by atoms with Gasteiger partial charge in [-0.3, -0.25) is 0 Å². The monoisotopic (exact) mass is 285 g/mol. The molecule has 0 bridgehead atoms. The number of nitrogens with one attached hydrogen (secondary N) is 1. The molecular formula is C13H20BrNO. The lowest BCUT2D eigenvalue weighted by molar-refractivity contribution is 0.276. The minimum atomic E-state index is 0.280. The van der Waals surface area contributed by atoms with Crippen molar-refractivity contribution in [3.63, 3.8) is 0 Å². The van der Waals surface area contributed by atoms with Gasteiger partial charge in [-0.15, -0.1) is 0 Å². The molecule has 1 atom stereocenters. The van der Waals surface area contributed by atoms with Gasteiger partial charge in [0.2, 0.25) is 0 Å². The van der Waals surface area contributed by atoms with E-state index in [0.29, 0.717) is 6.04 Å². The molecule has 3 heteroatoms. The number of aliphatic hydroxyl groups is 1. The second-order valence-corrected chi connectivity index (χ2v) is 5.09. The molecule has 0 saturated carbocycles. The van der Waals surface area contributed by atoms with Crippen molar-refractivity contribution in [1.29, 1.82) is 0 Å². The minimum absolute atomic E-state index is 0.280. The number of benzene rings is 1. The third-order valence-corrected chi connectivity index (χ3v) is 3.54. The highest BCUT2D eigenvalue weighted by Gasteiger charge is 2.02. The van der Waals surface area contributed by atoms with Crippen LogP contribution in [0.3, 0.4) is 0 Å². The van der Waals surface area contributed by atoms with Crippen LogP contribution < -0.4 is 5.32 Å². The average Bonchev–Trinajstić information content (AvgIpc) is 2.28. The third kappa shape index (κ3) is 4.64. The number of halogens is 1. The summed E-state index contributed by atoms with van der Waals surface area (Å²) in [5.41, 5.74) is 2.55. The topological polar surface area (TPSA) is 32.3 Å². The molecule has 1 aromatic carbocycles.